The van der Waals surface area contributed by atoms with Gasteiger partial charge in [-0.1, -0.05) is 63.1 Å². The van der Waals surface area contributed by atoms with Crippen LogP contribution in [0.15, 0.2) is 58.5 Å². The van der Waals surface area contributed by atoms with Crippen molar-refractivity contribution in [3.63, 3.8) is 0 Å². The van der Waals surface area contributed by atoms with Crippen LogP contribution in [0.3, 0.4) is 0 Å². The molecular weight excluding hydrogens is 344 g/mol. The molecule has 0 N–H and O–H groups in total. The molecule has 0 saturated heterocycles. The summed E-state index contributed by atoms with van der Waals surface area (Å²) in [7, 11) is 0. The highest BCUT2D eigenvalue weighted by Crippen LogP contribution is 2.42. The molecule has 2 aromatic rings. The molecule has 0 fully saturated rings. The quantitative estimate of drug-likeness (QED) is 0.584. The minimum Gasteiger partial charge on any atom is -0.242 e. The Morgan fingerprint density at radius 2 is 0.929 bits per heavy atom. The van der Waals surface area contributed by atoms with Crippen molar-refractivity contribution >= 4 is 22.8 Å². The Bertz CT molecular complexity index is 893. The van der Waals surface area contributed by atoms with Crippen molar-refractivity contribution in [1.82, 2.24) is 0 Å². The van der Waals surface area contributed by atoms with Gasteiger partial charge in [0.15, 0.2) is 0 Å². The van der Waals surface area contributed by atoms with Gasteiger partial charge in [-0.05, 0) is 38.1 Å². The summed E-state index contributed by atoms with van der Waals surface area (Å²) in [5.41, 5.74) is 3.04. The average molecular weight is 371 g/mol. The first-order chi connectivity index (χ1) is 13.1. The van der Waals surface area contributed by atoms with E-state index in [1.807, 2.05) is 90.1 Å². The molecule has 142 valence electrons. The van der Waals surface area contributed by atoms with Crippen LogP contribution in [0.2, 0.25) is 0 Å². The highest BCUT2D eigenvalue weighted by molar-refractivity contribution is 6.12. The first-order valence-electron chi connectivity index (χ1n) is 9.23. The monoisotopic (exact) mass is 370 g/mol. The molecule has 2 rings (SSSR count). The Labute approximate surface area is 167 Å². The lowest BCUT2D eigenvalue weighted by atomic mass is 9.63. The summed E-state index contributed by atoms with van der Waals surface area (Å²) in [4.78, 5) is 9.17. The first kappa shape index (κ1) is 21.1. The third-order valence-corrected chi connectivity index (χ3v) is 5.51. The molecule has 0 atom stereocenters. The van der Waals surface area contributed by atoms with Crippen molar-refractivity contribution in [2.45, 2.75) is 41.5 Å². The fraction of sp³-hybridized carbons (Fsp3) is 0.333. The van der Waals surface area contributed by atoms with Crippen LogP contribution in [-0.4, -0.2) is 11.4 Å². The number of aliphatic imine (C=N–C) groups is 2. The third kappa shape index (κ3) is 4.35. The summed E-state index contributed by atoms with van der Waals surface area (Å²) < 4.78 is 0. The van der Waals surface area contributed by atoms with Gasteiger partial charge < -0.3 is 0 Å². The maximum Gasteiger partial charge on any atom is 0.124 e. The fourth-order valence-electron chi connectivity index (χ4n) is 2.70. The van der Waals surface area contributed by atoms with Crippen molar-refractivity contribution in [2.75, 3.05) is 0 Å². The Morgan fingerprint density at radius 1 is 0.643 bits per heavy atom. The molecule has 4 heteroatoms. The molecular formula is C24H26N4. The van der Waals surface area contributed by atoms with Gasteiger partial charge in [-0.15, -0.1) is 0 Å². The van der Waals surface area contributed by atoms with E-state index < -0.39 is 10.8 Å². The highest BCUT2D eigenvalue weighted by atomic mass is 14.8. The van der Waals surface area contributed by atoms with E-state index in [1.54, 1.807) is 0 Å². The second-order valence-electron chi connectivity index (χ2n) is 8.07. The standard InChI is InChI=1S/C24H26N4/c1-17-7-11-19(12-8-17)27-21(15-25)23(3,4)24(5,6)22(16-26)28-20-13-9-18(2)10-14-20/h7-14H,1-6H3. The lowest BCUT2D eigenvalue weighted by molar-refractivity contribution is 0.290. The Kier molecular flexibility index (Phi) is 6.16. The van der Waals surface area contributed by atoms with Gasteiger partial charge in [0.25, 0.3) is 0 Å². The van der Waals surface area contributed by atoms with Crippen LogP contribution in [0.25, 0.3) is 0 Å². The number of nitriles is 2. The van der Waals surface area contributed by atoms with Gasteiger partial charge in [0.2, 0.25) is 0 Å². The summed E-state index contributed by atoms with van der Waals surface area (Å²) in [6, 6.07) is 19.9. The maximum atomic E-state index is 9.81. The Hall–Kier alpha value is -3.24. The Morgan fingerprint density at radius 3 is 1.18 bits per heavy atom. The van der Waals surface area contributed by atoms with Crippen LogP contribution in [0.4, 0.5) is 11.4 Å². The van der Waals surface area contributed by atoms with Crippen molar-refractivity contribution in [3.05, 3.63) is 59.7 Å². The summed E-state index contributed by atoms with van der Waals surface area (Å²) in [5, 5.41) is 19.6. The van der Waals surface area contributed by atoms with E-state index in [4.69, 9.17) is 0 Å². The summed E-state index contributed by atoms with van der Waals surface area (Å²) in [6.45, 7) is 11.8. The van der Waals surface area contributed by atoms with Gasteiger partial charge in [0.05, 0.1) is 11.4 Å². The first-order valence-corrected chi connectivity index (χ1v) is 9.23. The van der Waals surface area contributed by atoms with E-state index in [-0.39, 0.29) is 0 Å². The number of rotatable bonds is 5. The van der Waals surface area contributed by atoms with Crippen molar-refractivity contribution < 1.29 is 0 Å². The molecule has 2 aromatic carbocycles. The smallest absolute Gasteiger partial charge is 0.124 e. The number of hydrogen-bond donors (Lipinski definition) is 0. The zero-order valence-electron chi connectivity index (χ0n) is 17.4. The van der Waals surface area contributed by atoms with E-state index in [2.05, 4.69) is 22.1 Å². The number of hydrogen-bond acceptors (Lipinski definition) is 4. The fourth-order valence-corrected chi connectivity index (χ4v) is 2.70. The van der Waals surface area contributed by atoms with Crippen LogP contribution in [0, 0.1) is 47.3 Å². The van der Waals surface area contributed by atoms with E-state index in [9.17, 15) is 10.5 Å². The van der Waals surface area contributed by atoms with Crippen LogP contribution in [0.5, 0.6) is 0 Å². The second kappa shape index (κ2) is 8.19. The summed E-state index contributed by atoms with van der Waals surface area (Å²) >= 11 is 0. The van der Waals surface area contributed by atoms with Gasteiger partial charge in [-0.2, -0.15) is 10.5 Å². The van der Waals surface area contributed by atoms with Crippen molar-refractivity contribution in [2.24, 2.45) is 20.8 Å². The molecule has 0 aliphatic carbocycles. The molecule has 0 aliphatic heterocycles. The number of nitrogens with zero attached hydrogens (tertiary/aromatic N) is 4. The molecule has 0 spiro atoms. The van der Waals surface area contributed by atoms with Crippen LogP contribution in [-0.2, 0) is 0 Å². The van der Waals surface area contributed by atoms with Gasteiger partial charge in [0, 0.05) is 10.8 Å². The van der Waals surface area contributed by atoms with Gasteiger partial charge in [0.1, 0.15) is 23.6 Å². The summed E-state index contributed by atoms with van der Waals surface area (Å²) in [5.74, 6) is 0. The summed E-state index contributed by atoms with van der Waals surface area (Å²) in [6.07, 6.45) is 0. The number of aryl methyl sites for hydroxylation is 2. The molecule has 28 heavy (non-hydrogen) atoms. The maximum absolute atomic E-state index is 9.81. The predicted octanol–water partition coefficient (Wildman–Crippen LogP) is 6.25. The lowest BCUT2D eigenvalue weighted by Crippen LogP contribution is -2.44. The van der Waals surface area contributed by atoms with Crippen molar-refractivity contribution in [3.8, 4) is 12.1 Å². The van der Waals surface area contributed by atoms with Crippen molar-refractivity contribution in [1.29, 1.82) is 10.5 Å². The van der Waals surface area contributed by atoms with Gasteiger partial charge >= 0.3 is 0 Å². The topological polar surface area (TPSA) is 72.3 Å². The third-order valence-electron chi connectivity index (χ3n) is 5.51. The van der Waals surface area contributed by atoms with E-state index in [0.29, 0.717) is 11.4 Å². The minimum atomic E-state index is -0.702. The molecule has 0 amide bonds. The Balaban J connectivity index is 2.49. The molecule has 0 radical (unpaired) electrons. The normalized spacial score (nSPS) is 13.0. The van der Waals surface area contributed by atoms with E-state index in [0.717, 1.165) is 22.5 Å². The number of benzene rings is 2. The molecule has 4 nitrogen and oxygen atoms in total. The van der Waals surface area contributed by atoms with Gasteiger partial charge in [-0.25, -0.2) is 9.98 Å². The zero-order valence-corrected chi connectivity index (χ0v) is 17.4. The molecule has 0 bridgehead atoms. The minimum absolute atomic E-state index is 0.369. The molecule has 0 heterocycles. The highest BCUT2D eigenvalue weighted by Gasteiger charge is 2.45. The van der Waals surface area contributed by atoms with E-state index >= 15 is 0 Å². The second-order valence-corrected chi connectivity index (χ2v) is 8.07. The SMILES string of the molecule is Cc1ccc(N=C(C#N)C(C)(C)C(C)(C)C(C#N)=Nc2ccc(C)cc2)cc1. The van der Waals surface area contributed by atoms with Gasteiger partial charge in [-0.3, -0.25) is 0 Å². The van der Waals surface area contributed by atoms with Crippen LogP contribution >= 0.6 is 0 Å². The molecule has 0 saturated carbocycles. The molecule has 0 aromatic heterocycles. The van der Waals surface area contributed by atoms with Crippen LogP contribution < -0.4 is 0 Å². The zero-order chi connectivity index (χ0) is 20.9. The lowest BCUT2D eigenvalue weighted by Gasteiger charge is -2.39. The average Bonchev–Trinajstić information content (AvgIpc) is 2.66. The molecule has 0 aliphatic rings. The largest absolute Gasteiger partial charge is 0.242 e. The molecule has 0 unspecified atom stereocenters. The van der Waals surface area contributed by atoms with Crippen LogP contribution in [0.1, 0.15) is 38.8 Å². The predicted molar refractivity (Wildman–Crippen MR) is 115 cm³/mol. The van der Waals surface area contributed by atoms with E-state index in [1.165, 1.54) is 0 Å².